The Morgan fingerprint density at radius 2 is 1.71 bits per heavy atom. The minimum atomic E-state index is -0.0715. The minimum Gasteiger partial charge on any atom is -0.380 e. The Balaban J connectivity index is 2.04. The van der Waals surface area contributed by atoms with Gasteiger partial charge in [-0.1, -0.05) is 52.3 Å². The lowest BCUT2D eigenvalue weighted by Crippen LogP contribution is -2.35. The van der Waals surface area contributed by atoms with Crippen molar-refractivity contribution in [2.45, 2.75) is 32.5 Å². The molecule has 0 radical (unpaired) electrons. The summed E-state index contributed by atoms with van der Waals surface area (Å²) in [5.41, 5.74) is 3.68. The van der Waals surface area contributed by atoms with Gasteiger partial charge in [0.1, 0.15) is 0 Å². The van der Waals surface area contributed by atoms with Gasteiger partial charge < -0.3 is 10.1 Å². The number of nitrogens with one attached hydrogen (secondary N) is 1. The molecule has 1 N–H and O–H groups in total. The second-order valence-corrected chi connectivity index (χ2v) is 6.65. The topological polar surface area (TPSA) is 21.3 Å². The van der Waals surface area contributed by atoms with Crippen molar-refractivity contribution >= 4 is 15.9 Å². The molecule has 0 atom stereocenters. The van der Waals surface area contributed by atoms with Gasteiger partial charge in [-0.05, 0) is 42.7 Å². The fourth-order valence-electron chi connectivity index (χ4n) is 2.29. The van der Waals surface area contributed by atoms with Crippen LogP contribution in [-0.2, 0) is 23.4 Å². The third-order valence-electron chi connectivity index (χ3n) is 3.60. The first kappa shape index (κ1) is 16.2. The number of benzene rings is 2. The summed E-state index contributed by atoms with van der Waals surface area (Å²) in [7, 11) is 1.72. The number of hydrogen-bond donors (Lipinski definition) is 1. The molecule has 3 heteroatoms. The first-order valence-electron chi connectivity index (χ1n) is 7.09. The Kier molecular flexibility index (Phi) is 5.57. The van der Waals surface area contributed by atoms with Crippen molar-refractivity contribution in [3.05, 3.63) is 69.7 Å². The molecule has 2 aromatic carbocycles. The van der Waals surface area contributed by atoms with Crippen LogP contribution in [0.5, 0.6) is 0 Å². The predicted octanol–water partition coefficient (Wildman–Crippen LogP) is 4.62. The zero-order chi connectivity index (χ0) is 15.3. The highest BCUT2D eigenvalue weighted by molar-refractivity contribution is 9.10. The standard InChI is InChI=1S/C18H22BrNO/c1-18(2,16-7-9-17(19)10-8-16)20-12-14-5-4-6-15(11-14)13-21-3/h4-11,20H,12-13H2,1-3H3. The lowest BCUT2D eigenvalue weighted by molar-refractivity contribution is 0.185. The maximum atomic E-state index is 5.18. The molecule has 112 valence electrons. The molecule has 0 amide bonds. The van der Waals surface area contributed by atoms with Crippen molar-refractivity contribution in [3.8, 4) is 0 Å². The highest BCUT2D eigenvalue weighted by atomic mass is 79.9. The molecule has 21 heavy (non-hydrogen) atoms. The van der Waals surface area contributed by atoms with Gasteiger partial charge in [-0.2, -0.15) is 0 Å². The normalized spacial score (nSPS) is 11.6. The fraction of sp³-hybridized carbons (Fsp3) is 0.333. The fourth-order valence-corrected chi connectivity index (χ4v) is 2.55. The van der Waals surface area contributed by atoms with Crippen LogP contribution in [0.15, 0.2) is 53.0 Å². The van der Waals surface area contributed by atoms with E-state index in [4.69, 9.17) is 4.74 Å². The Labute approximate surface area is 135 Å². The molecule has 2 rings (SSSR count). The van der Waals surface area contributed by atoms with Gasteiger partial charge in [0.05, 0.1) is 6.61 Å². The zero-order valence-electron chi connectivity index (χ0n) is 12.8. The van der Waals surface area contributed by atoms with Crippen LogP contribution in [0.2, 0.25) is 0 Å². The van der Waals surface area contributed by atoms with Crippen LogP contribution < -0.4 is 5.32 Å². The van der Waals surface area contributed by atoms with E-state index in [9.17, 15) is 0 Å². The molecule has 0 aliphatic carbocycles. The first-order chi connectivity index (χ1) is 10.0. The van der Waals surface area contributed by atoms with Crippen LogP contribution in [-0.4, -0.2) is 7.11 Å². The third-order valence-corrected chi connectivity index (χ3v) is 4.13. The summed E-state index contributed by atoms with van der Waals surface area (Å²) in [5.74, 6) is 0. The Morgan fingerprint density at radius 1 is 1.05 bits per heavy atom. The summed E-state index contributed by atoms with van der Waals surface area (Å²) in [5, 5.41) is 3.62. The molecule has 0 aliphatic rings. The van der Waals surface area contributed by atoms with E-state index in [0.29, 0.717) is 6.61 Å². The molecule has 0 unspecified atom stereocenters. The molecule has 0 heterocycles. The maximum Gasteiger partial charge on any atom is 0.0713 e. The Hall–Kier alpha value is -1.16. The van der Waals surface area contributed by atoms with E-state index in [2.05, 4.69) is 83.6 Å². The molecule has 2 aromatic rings. The van der Waals surface area contributed by atoms with Crippen LogP contribution in [0.3, 0.4) is 0 Å². The molecular formula is C18H22BrNO. The molecular weight excluding hydrogens is 326 g/mol. The van der Waals surface area contributed by atoms with E-state index < -0.39 is 0 Å². The van der Waals surface area contributed by atoms with E-state index in [0.717, 1.165) is 11.0 Å². The zero-order valence-corrected chi connectivity index (χ0v) is 14.4. The average Bonchev–Trinajstić information content (AvgIpc) is 2.47. The SMILES string of the molecule is COCc1cccc(CNC(C)(C)c2ccc(Br)cc2)c1. The molecule has 0 saturated heterocycles. The molecule has 2 nitrogen and oxygen atoms in total. The molecule has 0 aliphatic heterocycles. The minimum absolute atomic E-state index is 0.0715. The van der Waals surface area contributed by atoms with Gasteiger partial charge in [-0.25, -0.2) is 0 Å². The van der Waals surface area contributed by atoms with E-state index >= 15 is 0 Å². The van der Waals surface area contributed by atoms with E-state index in [-0.39, 0.29) is 5.54 Å². The highest BCUT2D eigenvalue weighted by Gasteiger charge is 2.19. The van der Waals surface area contributed by atoms with Crippen LogP contribution in [0.1, 0.15) is 30.5 Å². The van der Waals surface area contributed by atoms with Crippen LogP contribution in [0, 0.1) is 0 Å². The Bertz CT molecular complexity index is 578. The molecule has 0 spiro atoms. The van der Waals surface area contributed by atoms with Crippen molar-refractivity contribution in [2.24, 2.45) is 0 Å². The lowest BCUT2D eigenvalue weighted by Gasteiger charge is -2.27. The van der Waals surface area contributed by atoms with Gasteiger partial charge in [-0.3, -0.25) is 0 Å². The van der Waals surface area contributed by atoms with Crippen LogP contribution in [0.4, 0.5) is 0 Å². The number of rotatable bonds is 6. The predicted molar refractivity (Wildman–Crippen MR) is 91.2 cm³/mol. The number of ether oxygens (including phenoxy) is 1. The van der Waals surface area contributed by atoms with Crippen molar-refractivity contribution in [2.75, 3.05) is 7.11 Å². The van der Waals surface area contributed by atoms with Crippen molar-refractivity contribution in [3.63, 3.8) is 0 Å². The summed E-state index contributed by atoms with van der Waals surface area (Å²) >= 11 is 3.48. The van der Waals surface area contributed by atoms with Gasteiger partial charge in [0.25, 0.3) is 0 Å². The number of halogens is 1. The van der Waals surface area contributed by atoms with Crippen LogP contribution >= 0.6 is 15.9 Å². The lowest BCUT2D eigenvalue weighted by atomic mass is 9.94. The van der Waals surface area contributed by atoms with Crippen LogP contribution in [0.25, 0.3) is 0 Å². The number of methoxy groups -OCH3 is 1. The summed E-state index contributed by atoms with van der Waals surface area (Å²) < 4.78 is 6.29. The van der Waals surface area contributed by atoms with Gasteiger partial charge in [-0.15, -0.1) is 0 Å². The van der Waals surface area contributed by atoms with Gasteiger partial charge >= 0.3 is 0 Å². The van der Waals surface area contributed by atoms with Gasteiger partial charge in [0, 0.05) is 23.7 Å². The monoisotopic (exact) mass is 347 g/mol. The summed E-state index contributed by atoms with van der Waals surface area (Å²) in [6.07, 6.45) is 0. The second kappa shape index (κ2) is 7.21. The Morgan fingerprint density at radius 3 is 2.38 bits per heavy atom. The van der Waals surface area contributed by atoms with Gasteiger partial charge in [0.2, 0.25) is 0 Å². The quantitative estimate of drug-likeness (QED) is 0.822. The smallest absolute Gasteiger partial charge is 0.0713 e. The molecule has 0 fully saturated rings. The summed E-state index contributed by atoms with van der Waals surface area (Å²) in [6, 6.07) is 17.0. The van der Waals surface area contributed by atoms with Crippen molar-refractivity contribution < 1.29 is 4.74 Å². The third kappa shape index (κ3) is 4.67. The van der Waals surface area contributed by atoms with E-state index in [1.54, 1.807) is 7.11 Å². The molecule has 0 bridgehead atoms. The summed E-state index contributed by atoms with van der Waals surface area (Å²) in [4.78, 5) is 0. The highest BCUT2D eigenvalue weighted by Crippen LogP contribution is 2.22. The largest absolute Gasteiger partial charge is 0.380 e. The molecule has 0 saturated carbocycles. The summed E-state index contributed by atoms with van der Waals surface area (Å²) in [6.45, 7) is 5.90. The second-order valence-electron chi connectivity index (χ2n) is 5.74. The number of hydrogen-bond acceptors (Lipinski definition) is 2. The van der Waals surface area contributed by atoms with E-state index in [1.807, 2.05) is 0 Å². The van der Waals surface area contributed by atoms with E-state index in [1.165, 1.54) is 16.7 Å². The average molecular weight is 348 g/mol. The maximum absolute atomic E-state index is 5.18. The molecule has 0 aromatic heterocycles. The van der Waals surface area contributed by atoms with Gasteiger partial charge in [0.15, 0.2) is 0 Å². The van der Waals surface area contributed by atoms with Crippen molar-refractivity contribution in [1.29, 1.82) is 0 Å². The van der Waals surface area contributed by atoms with Crippen molar-refractivity contribution in [1.82, 2.24) is 5.32 Å². The first-order valence-corrected chi connectivity index (χ1v) is 7.88.